The van der Waals surface area contributed by atoms with Crippen LogP contribution in [-0.2, 0) is 6.54 Å². The van der Waals surface area contributed by atoms with Gasteiger partial charge in [-0.3, -0.25) is 0 Å². The van der Waals surface area contributed by atoms with E-state index in [-0.39, 0.29) is 0 Å². The fourth-order valence-electron chi connectivity index (χ4n) is 1.98. The normalized spacial score (nSPS) is 21.4. The molecule has 0 aromatic carbocycles. The lowest BCUT2D eigenvalue weighted by Crippen LogP contribution is -2.17. The summed E-state index contributed by atoms with van der Waals surface area (Å²) in [6.45, 7) is 7.99. The average Bonchev–Trinajstić information content (AvgIpc) is 2.70. The fourth-order valence-corrected chi connectivity index (χ4v) is 1.98. The van der Waals surface area contributed by atoms with E-state index in [4.69, 9.17) is 0 Å². The van der Waals surface area contributed by atoms with E-state index >= 15 is 0 Å². The van der Waals surface area contributed by atoms with Gasteiger partial charge in [0, 0.05) is 18.8 Å². The van der Waals surface area contributed by atoms with Crippen molar-refractivity contribution in [3.05, 3.63) is 30.4 Å². The number of hydrogen-bond acceptors (Lipinski definition) is 2. The molecule has 0 saturated carbocycles. The Morgan fingerprint density at radius 3 is 3.29 bits per heavy atom. The highest BCUT2D eigenvalue weighted by Crippen LogP contribution is 2.22. The van der Waals surface area contributed by atoms with Crippen molar-refractivity contribution in [3.63, 3.8) is 0 Å². The molecule has 0 amide bonds. The van der Waals surface area contributed by atoms with Crippen LogP contribution in [0.1, 0.15) is 31.5 Å². The van der Waals surface area contributed by atoms with Crippen molar-refractivity contribution in [2.45, 2.75) is 32.4 Å². The van der Waals surface area contributed by atoms with Crippen LogP contribution >= 0.6 is 0 Å². The Morgan fingerprint density at radius 2 is 2.64 bits per heavy atom. The van der Waals surface area contributed by atoms with E-state index in [1.807, 2.05) is 19.4 Å². The third kappa shape index (κ3) is 1.87. The zero-order valence-electron chi connectivity index (χ0n) is 8.66. The molecule has 2 heterocycles. The van der Waals surface area contributed by atoms with Crippen LogP contribution < -0.4 is 5.32 Å². The Balaban J connectivity index is 2.15. The number of hydrogen-bond donors (Lipinski definition) is 1. The molecule has 1 atom stereocenters. The van der Waals surface area contributed by atoms with Gasteiger partial charge in [-0.1, -0.05) is 12.2 Å². The Hall–Kier alpha value is -1.09. The van der Waals surface area contributed by atoms with E-state index in [9.17, 15) is 0 Å². The van der Waals surface area contributed by atoms with E-state index in [2.05, 4.69) is 21.4 Å². The molecule has 1 fully saturated rings. The van der Waals surface area contributed by atoms with Crippen LogP contribution in [-0.4, -0.2) is 16.1 Å². The summed E-state index contributed by atoms with van der Waals surface area (Å²) in [6.07, 6.45) is 6.35. The molecule has 1 aromatic heterocycles. The molecule has 14 heavy (non-hydrogen) atoms. The van der Waals surface area contributed by atoms with Crippen LogP contribution in [0.5, 0.6) is 0 Å². The maximum atomic E-state index is 4.20. The summed E-state index contributed by atoms with van der Waals surface area (Å²) in [6, 6.07) is 0.497. The first-order chi connectivity index (χ1) is 6.77. The summed E-state index contributed by atoms with van der Waals surface area (Å²) in [5.74, 6) is 0. The molecular weight excluding hydrogens is 174 g/mol. The number of nitrogens with one attached hydrogen (secondary N) is 1. The summed E-state index contributed by atoms with van der Waals surface area (Å²) in [5, 5.41) is 3.48. The van der Waals surface area contributed by atoms with E-state index in [0.717, 1.165) is 13.1 Å². The van der Waals surface area contributed by atoms with E-state index in [1.165, 1.54) is 24.1 Å². The Kier molecular flexibility index (Phi) is 2.68. The molecule has 0 spiro atoms. The lowest BCUT2D eigenvalue weighted by molar-refractivity contribution is 0.582. The first-order valence-corrected chi connectivity index (χ1v) is 5.15. The third-order valence-corrected chi connectivity index (χ3v) is 2.60. The van der Waals surface area contributed by atoms with Crippen molar-refractivity contribution >= 4 is 0 Å². The van der Waals surface area contributed by atoms with Gasteiger partial charge >= 0.3 is 0 Å². The quantitative estimate of drug-likeness (QED) is 0.739. The van der Waals surface area contributed by atoms with Gasteiger partial charge in [-0.2, -0.15) is 0 Å². The first kappa shape index (κ1) is 9.46. The van der Waals surface area contributed by atoms with Crippen molar-refractivity contribution in [3.8, 4) is 0 Å². The lowest BCUT2D eigenvalue weighted by Gasteiger charge is -2.13. The van der Waals surface area contributed by atoms with Gasteiger partial charge in [0.15, 0.2) is 0 Å². The molecule has 1 aliphatic heterocycles. The predicted octanol–water partition coefficient (Wildman–Crippen LogP) is 1.88. The Bertz CT molecular complexity index is 321. The summed E-state index contributed by atoms with van der Waals surface area (Å²) in [4.78, 5) is 4.20. The molecule has 0 radical (unpaired) electrons. The van der Waals surface area contributed by atoms with Gasteiger partial charge in [-0.25, -0.2) is 4.98 Å². The number of allylic oxidation sites excluding steroid dienone is 1. The minimum atomic E-state index is 0.497. The minimum Gasteiger partial charge on any atom is -0.329 e. The molecule has 1 aliphatic rings. The largest absolute Gasteiger partial charge is 0.329 e. The lowest BCUT2D eigenvalue weighted by atomic mass is 10.1. The summed E-state index contributed by atoms with van der Waals surface area (Å²) in [7, 11) is 0. The first-order valence-electron chi connectivity index (χ1n) is 5.15. The molecule has 0 bridgehead atoms. The van der Waals surface area contributed by atoms with Gasteiger partial charge < -0.3 is 9.88 Å². The highest BCUT2D eigenvalue weighted by molar-refractivity contribution is 5.09. The number of rotatable bonds is 3. The highest BCUT2D eigenvalue weighted by atomic mass is 15.1. The molecule has 3 nitrogen and oxygen atoms in total. The number of aromatic nitrogens is 2. The van der Waals surface area contributed by atoms with Gasteiger partial charge in [-0.05, 0) is 26.3 Å². The Morgan fingerprint density at radius 1 is 1.79 bits per heavy atom. The van der Waals surface area contributed by atoms with Crippen LogP contribution in [0.4, 0.5) is 0 Å². The molecule has 1 aromatic rings. The van der Waals surface area contributed by atoms with Crippen molar-refractivity contribution < 1.29 is 0 Å². The van der Waals surface area contributed by atoms with Gasteiger partial charge in [0.2, 0.25) is 0 Å². The molecule has 76 valence electrons. The SMILES string of the molecule is C=C(C)Cn1cncc1[C@@H]1CCCN1. The van der Waals surface area contributed by atoms with Crippen molar-refractivity contribution in [1.29, 1.82) is 0 Å². The third-order valence-electron chi connectivity index (χ3n) is 2.60. The van der Waals surface area contributed by atoms with Crippen LogP contribution in [0, 0.1) is 0 Å². The maximum Gasteiger partial charge on any atom is 0.0951 e. The standard InChI is InChI=1S/C11H17N3/c1-9(2)7-14-8-12-6-11(14)10-4-3-5-13-10/h6,8,10,13H,1,3-5,7H2,2H3/t10-/m0/s1. The molecule has 1 N–H and O–H groups in total. The van der Waals surface area contributed by atoms with E-state index in [1.54, 1.807) is 0 Å². The molecule has 3 heteroatoms. The molecule has 1 saturated heterocycles. The molecular formula is C11H17N3. The second kappa shape index (κ2) is 3.96. The molecule has 0 aliphatic carbocycles. The predicted molar refractivity (Wildman–Crippen MR) is 57.0 cm³/mol. The fraction of sp³-hybridized carbons (Fsp3) is 0.545. The van der Waals surface area contributed by atoms with Crippen LogP contribution in [0.3, 0.4) is 0 Å². The monoisotopic (exact) mass is 191 g/mol. The number of imidazole rings is 1. The zero-order chi connectivity index (χ0) is 9.97. The van der Waals surface area contributed by atoms with E-state index < -0.39 is 0 Å². The summed E-state index contributed by atoms with van der Waals surface area (Å²) in [5.41, 5.74) is 2.47. The number of nitrogens with zero attached hydrogens (tertiary/aromatic N) is 2. The zero-order valence-corrected chi connectivity index (χ0v) is 8.66. The van der Waals surface area contributed by atoms with Crippen LogP contribution in [0.15, 0.2) is 24.7 Å². The van der Waals surface area contributed by atoms with Crippen molar-refractivity contribution in [2.75, 3.05) is 6.54 Å². The second-order valence-corrected chi connectivity index (χ2v) is 4.05. The van der Waals surface area contributed by atoms with Crippen molar-refractivity contribution in [2.24, 2.45) is 0 Å². The average molecular weight is 191 g/mol. The van der Waals surface area contributed by atoms with E-state index in [0.29, 0.717) is 6.04 Å². The smallest absolute Gasteiger partial charge is 0.0951 e. The van der Waals surface area contributed by atoms with Gasteiger partial charge in [-0.15, -0.1) is 0 Å². The minimum absolute atomic E-state index is 0.497. The molecule has 2 rings (SSSR count). The van der Waals surface area contributed by atoms with Crippen LogP contribution in [0.2, 0.25) is 0 Å². The van der Waals surface area contributed by atoms with Crippen molar-refractivity contribution in [1.82, 2.24) is 14.9 Å². The maximum absolute atomic E-state index is 4.20. The van der Waals surface area contributed by atoms with Crippen LogP contribution in [0.25, 0.3) is 0 Å². The topological polar surface area (TPSA) is 29.9 Å². The summed E-state index contributed by atoms with van der Waals surface area (Å²) < 4.78 is 2.19. The molecule has 0 unspecified atom stereocenters. The Labute approximate surface area is 84.8 Å². The summed E-state index contributed by atoms with van der Waals surface area (Å²) >= 11 is 0. The van der Waals surface area contributed by atoms with Gasteiger partial charge in [0.25, 0.3) is 0 Å². The van der Waals surface area contributed by atoms with Gasteiger partial charge in [0.1, 0.15) is 0 Å². The van der Waals surface area contributed by atoms with Gasteiger partial charge in [0.05, 0.1) is 12.0 Å². The second-order valence-electron chi connectivity index (χ2n) is 4.05. The highest BCUT2D eigenvalue weighted by Gasteiger charge is 2.19.